The van der Waals surface area contributed by atoms with E-state index in [1.165, 1.54) is 32.1 Å². The van der Waals surface area contributed by atoms with Gasteiger partial charge in [0.1, 0.15) is 0 Å². The van der Waals surface area contributed by atoms with E-state index in [-0.39, 0.29) is 0 Å². The molecule has 0 heterocycles. The van der Waals surface area contributed by atoms with Gasteiger partial charge < -0.3 is 11.1 Å². The standard InChI is InChI=1S/C8H16N2S/c9-6-8(11)10-7-4-2-1-3-5-7/h7H,1-6,9H2,(H,10,11). The normalized spacial score (nSPS) is 19.7. The van der Waals surface area contributed by atoms with E-state index < -0.39 is 0 Å². The predicted molar refractivity (Wildman–Crippen MR) is 51.7 cm³/mol. The molecule has 0 spiro atoms. The lowest BCUT2D eigenvalue weighted by Gasteiger charge is -2.23. The van der Waals surface area contributed by atoms with E-state index >= 15 is 0 Å². The summed E-state index contributed by atoms with van der Waals surface area (Å²) in [6.45, 7) is 0.492. The van der Waals surface area contributed by atoms with Crippen molar-refractivity contribution in [2.45, 2.75) is 38.1 Å². The fourth-order valence-electron chi connectivity index (χ4n) is 1.53. The topological polar surface area (TPSA) is 38.0 Å². The van der Waals surface area contributed by atoms with Gasteiger partial charge >= 0.3 is 0 Å². The van der Waals surface area contributed by atoms with Gasteiger partial charge in [-0.3, -0.25) is 0 Å². The average molecular weight is 172 g/mol. The zero-order valence-electron chi connectivity index (χ0n) is 6.81. The minimum atomic E-state index is 0.492. The minimum Gasteiger partial charge on any atom is -0.376 e. The molecule has 0 saturated heterocycles. The van der Waals surface area contributed by atoms with E-state index in [1.54, 1.807) is 0 Å². The molecule has 1 saturated carbocycles. The van der Waals surface area contributed by atoms with Gasteiger partial charge in [0.05, 0.1) is 4.99 Å². The number of thiocarbonyl (C=S) groups is 1. The lowest BCUT2D eigenvalue weighted by atomic mass is 9.95. The molecule has 64 valence electrons. The monoisotopic (exact) mass is 172 g/mol. The Hall–Kier alpha value is -0.150. The summed E-state index contributed by atoms with van der Waals surface area (Å²) in [6, 6.07) is 0.611. The van der Waals surface area contributed by atoms with Crippen molar-refractivity contribution < 1.29 is 0 Å². The first kappa shape index (κ1) is 8.94. The number of nitrogens with two attached hydrogens (primary N) is 1. The summed E-state index contributed by atoms with van der Waals surface area (Å²) in [4.78, 5) is 0.817. The Balaban J connectivity index is 2.19. The van der Waals surface area contributed by atoms with Crippen LogP contribution in [0, 0.1) is 0 Å². The highest BCUT2D eigenvalue weighted by atomic mass is 32.1. The van der Waals surface area contributed by atoms with Crippen molar-refractivity contribution in [3.63, 3.8) is 0 Å². The average Bonchev–Trinajstić information content (AvgIpc) is 2.06. The molecule has 3 N–H and O–H groups in total. The highest BCUT2D eigenvalue weighted by Gasteiger charge is 2.12. The molecule has 1 fully saturated rings. The summed E-state index contributed by atoms with van der Waals surface area (Å²) >= 11 is 5.00. The molecule has 0 aliphatic heterocycles. The number of hydrogen-bond acceptors (Lipinski definition) is 2. The Morgan fingerprint density at radius 1 is 1.36 bits per heavy atom. The summed E-state index contributed by atoms with van der Waals surface area (Å²) in [5.41, 5.74) is 5.39. The van der Waals surface area contributed by atoms with E-state index in [0.29, 0.717) is 12.6 Å². The van der Waals surface area contributed by atoms with Crippen LogP contribution in [0.25, 0.3) is 0 Å². The van der Waals surface area contributed by atoms with Gasteiger partial charge in [-0.05, 0) is 12.8 Å². The van der Waals surface area contributed by atoms with Crippen LogP contribution < -0.4 is 11.1 Å². The van der Waals surface area contributed by atoms with E-state index in [9.17, 15) is 0 Å². The van der Waals surface area contributed by atoms with Gasteiger partial charge in [0.25, 0.3) is 0 Å². The Labute approximate surface area is 73.5 Å². The minimum absolute atomic E-state index is 0.492. The first-order valence-electron chi connectivity index (χ1n) is 4.32. The zero-order chi connectivity index (χ0) is 8.10. The molecule has 0 radical (unpaired) electrons. The van der Waals surface area contributed by atoms with Crippen molar-refractivity contribution in [1.29, 1.82) is 0 Å². The van der Waals surface area contributed by atoms with Crippen molar-refractivity contribution >= 4 is 17.2 Å². The van der Waals surface area contributed by atoms with Crippen molar-refractivity contribution in [2.24, 2.45) is 5.73 Å². The maximum Gasteiger partial charge on any atom is 0.0893 e. The van der Waals surface area contributed by atoms with Crippen LogP contribution in [0.5, 0.6) is 0 Å². The second-order valence-corrected chi connectivity index (χ2v) is 3.60. The number of hydrogen-bond donors (Lipinski definition) is 2. The van der Waals surface area contributed by atoms with E-state index in [1.807, 2.05) is 0 Å². The van der Waals surface area contributed by atoms with Crippen LogP contribution in [0.3, 0.4) is 0 Å². The smallest absolute Gasteiger partial charge is 0.0893 e. The van der Waals surface area contributed by atoms with Crippen LogP contribution in [-0.2, 0) is 0 Å². The molecule has 0 unspecified atom stereocenters. The summed E-state index contributed by atoms with van der Waals surface area (Å²) in [5.74, 6) is 0. The molecule has 3 heteroatoms. The molecule has 0 aromatic carbocycles. The fraction of sp³-hybridized carbons (Fsp3) is 0.875. The summed E-state index contributed by atoms with van der Waals surface area (Å²) in [5, 5.41) is 3.27. The van der Waals surface area contributed by atoms with Crippen molar-refractivity contribution in [1.82, 2.24) is 5.32 Å². The largest absolute Gasteiger partial charge is 0.376 e. The van der Waals surface area contributed by atoms with Gasteiger partial charge in [-0.1, -0.05) is 31.5 Å². The molecular formula is C8H16N2S. The lowest BCUT2D eigenvalue weighted by molar-refractivity contribution is 0.414. The molecule has 2 nitrogen and oxygen atoms in total. The third kappa shape index (κ3) is 3.16. The highest BCUT2D eigenvalue weighted by Crippen LogP contribution is 2.17. The Morgan fingerprint density at radius 2 is 2.00 bits per heavy atom. The molecule has 1 rings (SSSR count). The van der Waals surface area contributed by atoms with Crippen molar-refractivity contribution in [2.75, 3.05) is 6.54 Å². The highest BCUT2D eigenvalue weighted by molar-refractivity contribution is 7.80. The Bertz CT molecular complexity index is 130. The zero-order valence-corrected chi connectivity index (χ0v) is 7.62. The van der Waals surface area contributed by atoms with E-state index in [2.05, 4.69) is 5.32 Å². The molecule has 0 bridgehead atoms. The summed E-state index contributed by atoms with van der Waals surface area (Å²) < 4.78 is 0. The van der Waals surface area contributed by atoms with E-state index in [0.717, 1.165) is 4.99 Å². The molecule has 1 aliphatic rings. The quantitative estimate of drug-likeness (QED) is 0.615. The summed E-state index contributed by atoms with van der Waals surface area (Å²) in [6.07, 6.45) is 6.59. The molecule has 0 amide bonds. The van der Waals surface area contributed by atoms with Gasteiger partial charge in [-0.15, -0.1) is 0 Å². The SMILES string of the molecule is NCC(=S)NC1CCCCC1. The van der Waals surface area contributed by atoms with Crippen molar-refractivity contribution in [3.8, 4) is 0 Å². The molecular weight excluding hydrogens is 156 g/mol. The third-order valence-electron chi connectivity index (χ3n) is 2.16. The maximum atomic E-state index is 5.39. The summed E-state index contributed by atoms with van der Waals surface area (Å²) in [7, 11) is 0. The fourth-order valence-corrected chi connectivity index (χ4v) is 1.70. The van der Waals surface area contributed by atoms with E-state index in [4.69, 9.17) is 18.0 Å². The first-order valence-corrected chi connectivity index (χ1v) is 4.73. The molecule has 0 atom stereocenters. The number of nitrogens with one attached hydrogen (secondary N) is 1. The van der Waals surface area contributed by atoms with Crippen LogP contribution in [0.4, 0.5) is 0 Å². The van der Waals surface area contributed by atoms with Gasteiger partial charge in [0.2, 0.25) is 0 Å². The van der Waals surface area contributed by atoms with Crippen LogP contribution in [0.15, 0.2) is 0 Å². The van der Waals surface area contributed by atoms with Crippen molar-refractivity contribution in [3.05, 3.63) is 0 Å². The second kappa shape index (κ2) is 4.67. The van der Waals surface area contributed by atoms with Gasteiger partial charge in [-0.25, -0.2) is 0 Å². The third-order valence-corrected chi connectivity index (χ3v) is 2.44. The van der Waals surface area contributed by atoms with Crippen LogP contribution >= 0.6 is 12.2 Å². The van der Waals surface area contributed by atoms with Crippen LogP contribution in [0.2, 0.25) is 0 Å². The van der Waals surface area contributed by atoms with Crippen LogP contribution in [-0.4, -0.2) is 17.6 Å². The lowest BCUT2D eigenvalue weighted by Crippen LogP contribution is -2.38. The van der Waals surface area contributed by atoms with Crippen LogP contribution in [0.1, 0.15) is 32.1 Å². The molecule has 11 heavy (non-hydrogen) atoms. The van der Waals surface area contributed by atoms with Gasteiger partial charge in [-0.2, -0.15) is 0 Å². The number of rotatable bonds is 2. The van der Waals surface area contributed by atoms with Gasteiger partial charge in [0.15, 0.2) is 0 Å². The van der Waals surface area contributed by atoms with Gasteiger partial charge in [0, 0.05) is 12.6 Å². The molecule has 0 aromatic heterocycles. The second-order valence-electron chi connectivity index (χ2n) is 3.11. The Kier molecular flexibility index (Phi) is 3.80. The first-order chi connectivity index (χ1) is 5.33. The molecule has 0 aromatic rings. The maximum absolute atomic E-state index is 5.39. The predicted octanol–water partition coefficient (Wildman–Crippen LogP) is 1.19. The Morgan fingerprint density at radius 3 is 2.55 bits per heavy atom. The molecule has 1 aliphatic carbocycles.